The van der Waals surface area contributed by atoms with Gasteiger partial charge in [-0.1, -0.05) is 17.3 Å². The smallest absolute Gasteiger partial charge is 0.240 e. The Morgan fingerprint density at radius 1 is 1.44 bits per heavy atom. The molecule has 0 bridgehead atoms. The Morgan fingerprint density at radius 3 is 3.00 bits per heavy atom. The van der Waals surface area contributed by atoms with Crippen LogP contribution in [0.15, 0.2) is 28.8 Å². The molecule has 1 aromatic carbocycles. The summed E-state index contributed by atoms with van der Waals surface area (Å²) in [5.41, 5.74) is 0.810. The summed E-state index contributed by atoms with van der Waals surface area (Å²) in [7, 11) is 1.98. The van der Waals surface area contributed by atoms with E-state index >= 15 is 0 Å². The van der Waals surface area contributed by atoms with E-state index in [4.69, 9.17) is 4.52 Å². The monoisotopic (exact) mass is 346 g/mol. The van der Waals surface area contributed by atoms with Gasteiger partial charge >= 0.3 is 0 Å². The third-order valence-electron chi connectivity index (χ3n) is 4.41. The molecule has 0 aliphatic carbocycles. The fourth-order valence-corrected chi connectivity index (χ4v) is 3.27. The number of carbonyl (C=O) groups is 1. The number of amides is 1. The standard InChI is InChI=1S/C18H23FN4O2/c1-3-23-11-14(9-18(23)24)10-22(2)12-17-20-16(21-25-17)8-13-5-4-6-15(19)7-13/h4-7,14H,3,8-12H2,1-2H3/t14-/m1/s1. The Morgan fingerprint density at radius 2 is 2.28 bits per heavy atom. The molecule has 7 heteroatoms. The van der Waals surface area contributed by atoms with Crippen LogP contribution < -0.4 is 0 Å². The first kappa shape index (κ1) is 17.5. The molecule has 1 atom stereocenters. The maximum Gasteiger partial charge on any atom is 0.240 e. The first-order valence-electron chi connectivity index (χ1n) is 8.55. The Bertz CT molecular complexity index is 733. The number of rotatable bonds is 7. The molecule has 25 heavy (non-hydrogen) atoms. The highest BCUT2D eigenvalue weighted by molar-refractivity contribution is 5.78. The molecule has 2 heterocycles. The van der Waals surface area contributed by atoms with Crippen LogP contribution in [-0.2, 0) is 17.8 Å². The van der Waals surface area contributed by atoms with Crippen LogP contribution >= 0.6 is 0 Å². The van der Waals surface area contributed by atoms with Gasteiger partial charge in [-0.2, -0.15) is 4.98 Å². The maximum atomic E-state index is 13.2. The minimum absolute atomic E-state index is 0.232. The Labute approximate surface area is 146 Å². The number of aromatic nitrogens is 2. The lowest BCUT2D eigenvalue weighted by atomic mass is 10.1. The molecule has 1 amide bonds. The van der Waals surface area contributed by atoms with Gasteiger partial charge in [-0.25, -0.2) is 4.39 Å². The second kappa shape index (κ2) is 7.74. The van der Waals surface area contributed by atoms with E-state index in [9.17, 15) is 9.18 Å². The third kappa shape index (κ3) is 4.63. The molecular weight excluding hydrogens is 323 g/mol. The highest BCUT2D eigenvalue weighted by Gasteiger charge is 2.29. The van der Waals surface area contributed by atoms with Gasteiger partial charge in [0.05, 0.1) is 6.54 Å². The largest absolute Gasteiger partial charge is 0.343 e. The molecule has 0 spiro atoms. The van der Waals surface area contributed by atoms with E-state index in [-0.39, 0.29) is 11.7 Å². The molecule has 1 aliphatic heterocycles. The van der Waals surface area contributed by atoms with Crippen molar-refractivity contribution in [3.05, 3.63) is 47.4 Å². The number of halogens is 1. The lowest BCUT2D eigenvalue weighted by Gasteiger charge is -2.19. The maximum absolute atomic E-state index is 13.2. The number of hydrogen-bond acceptors (Lipinski definition) is 5. The molecule has 1 aliphatic rings. The van der Waals surface area contributed by atoms with Crippen molar-refractivity contribution in [1.82, 2.24) is 19.9 Å². The van der Waals surface area contributed by atoms with E-state index < -0.39 is 0 Å². The summed E-state index contributed by atoms with van der Waals surface area (Å²) in [6.07, 6.45) is 1.04. The summed E-state index contributed by atoms with van der Waals surface area (Å²) in [4.78, 5) is 20.2. The lowest BCUT2D eigenvalue weighted by molar-refractivity contribution is -0.127. The zero-order valence-electron chi connectivity index (χ0n) is 14.6. The summed E-state index contributed by atoms with van der Waals surface area (Å²) in [5, 5.41) is 3.97. The van der Waals surface area contributed by atoms with E-state index in [0.29, 0.717) is 37.0 Å². The highest BCUT2D eigenvalue weighted by atomic mass is 19.1. The van der Waals surface area contributed by atoms with Gasteiger partial charge in [0.15, 0.2) is 5.82 Å². The zero-order valence-corrected chi connectivity index (χ0v) is 14.6. The summed E-state index contributed by atoms with van der Waals surface area (Å²) in [6, 6.07) is 6.38. The first-order chi connectivity index (χ1) is 12.0. The van der Waals surface area contributed by atoms with Crippen LogP contribution in [0.25, 0.3) is 0 Å². The fourth-order valence-electron chi connectivity index (χ4n) is 3.27. The van der Waals surface area contributed by atoms with E-state index in [1.54, 1.807) is 6.07 Å². The van der Waals surface area contributed by atoms with Gasteiger partial charge < -0.3 is 9.42 Å². The molecule has 3 rings (SSSR count). The van der Waals surface area contributed by atoms with Crippen LogP contribution in [0.5, 0.6) is 0 Å². The van der Waals surface area contributed by atoms with E-state index in [0.717, 1.165) is 25.2 Å². The Kier molecular flexibility index (Phi) is 5.43. The molecular formula is C18H23FN4O2. The molecule has 6 nitrogen and oxygen atoms in total. The van der Waals surface area contributed by atoms with E-state index in [2.05, 4.69) is 15.0 Å². The average Bonchev–Trinajstić information content (AvgIpc) is 3.13. The van der Waals surface area contributed by atoms with Gasteiger partial charge in [0.1, 0.15) is 5.82 Å². The van der Waals surface area contributed by atoms with Crippen molar-refractivity contribution in [1.29, 1.82) is 0 Å². The average molecular weight is 346 g/mol. The molecule has 1 fully saturated rings. The minimum atomic E-state index is -0.270. The van der Waals surface area contributed by atoms with Gasteiger partial charge in [-0.05, 0) is 37.6 Å². The fraction of sp³-hybridized carbons (Fsp3) is 0.500. The van der Waals surface area contributed by atoms with Crippen molar-refractivity contribution in [3.8, 4) is 0 Å². The summed E-state index contributed by atoms with van der Waals surface area (Å²) < 4.78 is 18.5. The summed E-state index contributed by atoms with van der Waals surface area (Å²) in [6.45, 7) is 4.93. The van der Waals surface area contributed by atoms with Crippen LogP contribution in [0.2, 0.25) is 0 Å². The lowest BCUT2D eigenvalue weighted by Crippen LogP contribution is -2.28. The minimum Gasteiger partial charge on any atom is -0.343 e. The van der Waals surface area contributed by atoms with E-state index in [1.165, 1.54) is 12.1 Å². The second-order valence-corrected chi connectivity index (χ2v) is 6.61. The molecule has 2 aromatic rings. The number of nitrogens with zero attached hydrogens (tertiary/aromatic N) is 4. The van der Waals surface area contributed by atoms with Crippen molar-refractivity contribution in [2.75, 3.05) is 26.7 Å². The number of carbonyl (C=O) groups excluding carboxylic acids is 1. The van der Waals surface area contributed by atoms with Crippen molar-refractivity contribution in [2.45, 2.75) is 26.3 Å². The third-order valence-corrected chi connectivity index (χ3v) is 4.41. The predicted octanol–water partition coefficient (Wildman–Crippen LogP) is 2.10. The Balaban J connectivity index is 1.52. The van der Waals surface area contributed by atoms with Crippen LogP contribution in [0.3, 0.4) is 0 Å². The molecule has 0 N–H and O–H groups in total. The highest BCUT2D eigenvalue weighted by Crippen LogP contribution is 2.19. The zero-order chi connectivity index (χ0) is 17.8. The van der Waals surface area contributed by atoms with E-state index in [1.807, 2.05) is 24.9 Å². The van der Waals surface area contributed by atoms with Crippen LogP contribution in [0, 0.1) is 11.7 Å². The summed E-state index contributed by atoms with van der Waals surface area (Å²) >= 11 is 0. The number of benzene rings is 1. The number of hydrogen-bond donors (Lipinski definition) is 0. The topological polar surface area (TPSA) is 62.5 Å². The van der Waals surface area contributed by atoms with Gasteiger partial charge in [-0.3, -0.25) is 9.69 Å². The first-order valence-corrected chi connectivity index (χ1v) is 8.55. The molecule has 134 valence electrons. The van der Waals surface area contributed by atoms with Gasteiger partial charge in [0.2, 0.25) is 11.8 Å². The van der Waals surface area contributed by atoms with Gasteiger partial charge in [-0.15, -0.1) is 0 Å². The number of likely N-dealkylation sites (tertiary alicyclic amines) is 1. The molecule has 0 saturated carbocycles. The molecule has 1 saturated heterocycles. The van der Waals surface area contributed by atoms with Crippen molar-refractivity contribution < 1.29 is 13.7 Å². The van der Waals surface area contributed by atoms with Crippen molar-refractivity contribution >= 4 is 5.91 Å². The van der Waals surface area contributed by atoms with Crippen molar-refractivity contribution in [3.63, 3.8) is 0 Å². The molecule has 0 radical (unpaired) electrons. The molecule has 1 aromatic heterocycles. The van der Waals surface area contributed by atoms with Gasteiger partial charge in [0, 0.05) is 32.5 Å². The van der Waals surface area contributed by atoms with Crippen molar-refractivity contribution in [2.24, 2.45) is 5.92 Å². The SMILES string of the molecule is CCN1C[C@@H](CN(C)Cc2nc(Cc3cccc(F)c3)no2)CC1=O. The summed E-state index contributed by atoms with van der Waals surface area (Å²) in [5.74, 6) is 1.38. The van der Waals surface area contributed by atoms with Gasteiger partial charge in [0.25, 0.3) is 0 Å². The molecule has 0 unspecified atom stereocenters. The van der Waals surface area contributed by atoms with Crippen LogP contribution in [0.1, 0.15) is 30.6 Å². The normalized spacial score (nSPS) is 17.7. The Hall–Kier alpha value is -2.28. The van der Waals surface area contributed by atoms with Crippen LogP contribution in [0.4, 0.5) is 4.39 Å². The second-order valence-electron chi connectivity index (χ2n) is 6.61. The van der Waals surface area contributed by atoms with Crippen LogP contribution in [-0.4, -0.2) is 52.5 Å². The quantitative estimate of drug-likeness (QED) is 0.768. The predicted molar refractivity (Wildman–Crippen MR) is 90.2 cm³/mol.